The van der Waals surface area contributed by atoms with Crippen LogP contribution in [-0.2, 0) is 0 Å². The number of amides is 1. The number of aromatic hydroxyl groups is 1. The molecule has 3 atom stereocenters. The molecule has 1 fully saturated rings. The van der Waals surface area contributed by atoms with Gasteiger partial charge in [-0.15, -0.1) is 0 Å². The fourth-order valence-electron chi connectivity index (χ4n) is 2.68. The second kappa shape index (κ2) is 5.42. The molecule has 18 heavy (non-hydrogen) atoms. The lowest BCUT2D eigenvalue weighted by Crippen LogP contribution is -2.43. The smallest absolute Gasteiger partial charge is 0.251 e. The summed E-state index contributed by atoms with van der Waals surface area (Å²) >= 11 is 0. The van der Waals surface area contributed by atoms with Crippen molar-refractivity contribution in [2.45, 2.75) is 39.2 Å². The Balaban J connectivity index is 2.03. The van der Waals surface area contributed by atoms with Crippen LogP contribution in [0.4, 0.5) is 0 Å². The van der Waals surface area contributed by atoms with Crippen LogP contribution in [0.15, 0.2) is 24.3 Å². The molecule has 0 radical (unpaired) electrons. The third kappa shape index (κ3) is 2.84. The Labute approximate surface area is 108 Å². The quantitative estimate of drug-likeness (QED) is 0.844. The predicted octanol–water partition coefficient (Wildman–Crippen LogP) is 2.95. The van der Waals surface area contributed by atoms with Crippen molar-refractivity contribution in [3.8, 4) is 5.75 Å². The number of nitrogens with one attached hydrogen (secondary N) is 1. The zero-order valence-corrected chi connectivity index (χ0v) is 11.0. The lowest BCUT2D eigenvalue weighted by Gasteiger charge is -2.34. The van der Waals surface area contributed by atoms with Crippen molar-refractivity contribution in [1.29, 1.82) is 0 Å². The molecule has 0 saturated heterocycles. The first-order chi connectivity index (χ1) is 8.58. The molecule has 1 aliphatic rings. The van der Waals surface area contributed by atoms with E-state index in [-0.39, 0.29) is 17.7 Å². The van der Waals surface area contributed by atoms with Crippen molar-refractivity contribution < 1.29 is 9.90 Å². The number of phenols is 1. The Morgan fingerprint density at radius 3 is 2.83 bits per heavy atom. The molecular weight excluding hydrogens is 226 g/mol. The van der Waals surface area contributed by atoms with Gasteiger partial charge in [0.05, 0.1) is 0 Å². The summed E-state index contributed by atoms with van der Waals surface area (Å²) in [6.45, 7) is 4.45. The van der Waals surface area contributed by atoms with Crippen LogP contribution in [0.25, 0.3) is 0 Å². The van der Waals surface area contributed by atoms with Gasteiger partial charge in [-0.1, -0.05) is 32.8 Å². The van der Waals surface area contributed by atoms with Crippen LogP contribution < -0.4 is 5.32 Å². The molecule has 2 N–H and O–H groups in total. The van der Waals surface area contributed by atoms with Crippen LogP contribution in [0.2, 0.25) is 0 Å². The molecular formula is C15H21NO2. The molecule has 3 nitrogen and oxygen atoms in total. The summed E-state index contributed by atoms with van der Waals surface area (Å²) in [5.74, 6) is 1.22. The zero-order chi connectivity index (χ0) is 13.1. The van der Waals surface area contributed by atoms with Gasteiger partial charge >= 0.3 is 0 Å². The highest BCUT2D eigenvalue weighted by Gasteiger charge is 2.28. The maximum absolute atomic E-state index is 12.1. The molecule has 1 amide bonds. The zero-order valence-electron chi connectivity index (χ0n) is 11.0. The van der Waals surface area contributed by atoms with Crippen LogP contribution >= 0.6 is 0 Å². The summed E-state index contributed by atoms with van der Waals surface area (Å²) in [7, 11) is 0. The molecule has 1 aromatic rings. The number of hydrogen-bond acceptors (Lipinski definition) is 2. The molecule has 0 aromatic heterocycles. The molecule has 98 valence electrons. The topological polar surface area (TPSA) is 49.3 Å². The van der Waals surface area contributed by atoms with Gasteiger partial charge in [0.2, 0.25) is 0 Å². The highest BCUT2D eigenvalue weighted by Crippen LogP contribution is 2.29. The summed E-state index contributed by atoms with van der Waals surface area (Å²) in [4.78, 5) is 12.1. The molecule has 1 aromatic carbocycles. The molecule has 0 aliphatic heterocycles. The maximum Gasteiger partial charge on any atom is 0.251 e. The van der Waals surface area contributed by atoms with Crippen LogP contribution in [0.3, 0.4) is 0 Å². The van der Waals surface area contributed by atoms with Gasteiger partial charge in [0.1, 0.15) is 5.75 Å². The van der Waals surface area contributed by atoms with Crippen LogP contribution in [-0.4, -0.2) is 17.1 Å². The van der Waals surface area contributed by atoms with E-state index in [2.05, 4.69) is 19.2 Å². The third-order valence-corrected chi connectivity index (χ3v) is 4.13. The van der Waals surface area contributed by atoms with Gasteiger partial charge in [-0.3, -0.25) is 4.79 Å². The molecule has 0 heterocycles. The molecule has 1 saturated carbocycles. The lowest BCUT2D eigenvalue weighted by atomic mass is 9.78. The van der Waals surface area contributed by atoms with E-state index in [9.17, 15) is 9.90 Å². The minimum Gasteiger partial charge on any atom is -0.508 e. The molecule has 1 aliphatic carbocycles. The maximum atomic E-state index is 12.1. The van der Waals surface area contributed by atoms with E-state index in [4.69, 9.17) is 0 Å². The van der Waals surface area contributed by atoms with E-state index in [0.717, 1.165) is 6.42 Å². The van der Waals surface area contributed by atoms with Gasteiger partial charge in [0, 0.05) is 11.6 Å². The lowest BCUT2D eigenvalue weighted by molar-refractivity contribution is 0.0890. The van der Waals surface area contributed by atoms with Gasteiger partial charge in [-0.2, -0.15) is 0 Å². The highest BCUT2D eigenvalue weighted by molar-refractivity contribution is 5.94. The number of benzene rings is 1. The van der Waals surface area contributed by atoms with E-state index < -0.39 is 0 Å². The van der Waals surface area contributed by atoms with Crippen molar-refractivity contribution in [2.24, 2.45) is 11.8 Å². The second-order valence-electron chi connectivity index (χ2n) is 5.40. The van der Waals surface area contributed by atoms with Gasteiger partial charge in [0.15, 0.2) is 0 Å². The minimum absolute atomic E-state index is 0.0862. The normalized spacial score (nSPS) is 27.8. The van der Waals surface area contributed by atoms with Crippen molar-refractivity contribution in [2.75, 3.05) is 0 Å². The second-order valence-corrected chi connectivity index (χ2v) is 5.40. The Hall–Kier alpha value is -1.51. The Morgan fingerprint density at radius 1 is 1.33 bits per heavy atom. The first-order valence-corrected chi connectivity index (χ1v) is 6.68. The largest absolute Gasteiger partial charge is 0.508 e. The fourth-order valence-corrected chi connectivity index (χ4v) is 2.68. The monoisotopic (exact) mass is 247 g/mol. The van der Waals surface area contributed by atoms with E-state index in [0.29, 0.717) is 17.4 Å². The summed E-state index contributed by atoms with van der Waals surface area (Å²) in [6.07, 6.45) is 3.48. The van der Waals surface area contributed by atoms with Crippen molar-refractivity contribution >= 4 is 5.91 Å². The number of carbonyl (C=O) groups excluding carboxylic acids is 1. The van der Waals surface area contributed by atoms with E-state index in [1.165, 1.54) is 18.9 Å². The number of hydrogen-bond donors (Lipinski definition) is 2. The summed E-state index contributed by atoms with van der Waals surface area (Å²) in [5, 5.41) is 12.5. The Kier molecular flexibility index (Phi) is 3.90. The van der Waals surface area contributed by atoms with Crippen molar-refractivity contribution in [1.82, 2.24) is 5.32 Å². The Morgan fingerprint density at radius 2 is 2.11 bits per heavy atom. The minimum atomic E-state index is -0.0862. The predicted molar refractivity (Wildman–Crippen MR) is 71.5 cm³/mol. The Bertz CT molecular complexity index is 430. The van der Waals surface area contributed by atoms with Crippen molar-refractivity contribution in [3.05, 3.63) is 29.8 Å². The SMILES string of the molecule is CC1CCCC(NC(=O)c2cccc(O)c2)C1C. The molecule has 0 bridgehead atoms. The summed E-state index contributed by atoms with van der Waals surface area (Å²) in [5.41, 5.74) is 0.528. The summed E-state index contributed by atoms with van der Waals surface area (Å²) < 4.78 is 0. The average Bonchev–Trinajstić information content (AvgIpc) is 2.35. The van der Waals surface area contributed by atoms with Gasteiger partial charge < -0.3 is 10.4 Å². The van der Waals surface area contributed by atoms with Gasteiger partial charge in [-0.25, -0.2) is 0 Å². The van der Waals surface area contributed by atoms with Crippen molar-refractivity contribution in [3.63, 3.8) is 0 Å². The number of carbonyl (C=O) groups is 1. The highest BCUT2D eigenvalue weighted by atomic mass is 16.3. The number of phenolic OH excluding ortho intramolecular Hbond substituents is 1. The van der Waals surface area contributed by atoms with E-state index >= 15 is 0 Å². The van der Waals surface area contributed by atoms with Crippen LogP contribution in [0.5, 0.6) is 5.75 Å². The standard InChI is InChI=1S/C15H21NO2/c1-10-5-3-8-14(11(10)2)16-15(18)12-6-4-7-13(17)9-12/h4,6-7,9-11,14,17H,3,5,8H2,1-2H3,(H,16,18). The average molecular weight is 247 g/mol. The fraction of sp³-hybridized carbons (Fsp3) is 0.533. The number of rotatable bonds is 2. The van der Waals surface area contributed by atoms with Crippen LogP contribution in [0.1, 0.15) is 43.5 Å². The van der Waals surface area contributed by atoms with Gasteiger partial charge in [0.25, 0.3) is 5.91 Å². The first kappa shape index (κ1) is 12.9. The van der Waals surface area contributed by atoms with Crippen LogP contribution in [0, 0.1) is 11.8 Å². The molecule has 3 unspecified atom stereocenters. The third-order valence-electron chi connectivity index (χ3n) is 4.13. The van der Waals surface area contributed by atoms with E-state index in [1.54, 1.807) is 18.2 Å². The van der Waals surface area contributed by atoms with Gasteiger partial charge in [-0.05, 0) is 36.5 Å². The molecule has 0 spiro atoms. The summed E-state index contributed by atoms with van der Waals surface area (Å²) in [6, 6.07) is 6.75. The first-order valence-electron chi connectivity index (χ1n) is 6.68. The van der Waals surface area contributed by atoms with E-state index in [1.807, 2.05) is 0 Å². The molecule has 2 rings (SSSR count). The molecule has 3 heteroatoms.